The summed E-state index contributed by atoms with van der Waals surface area (Å²) in [5, 5.41) is 2.84. The first-order chi connectivity index (χ1) is 17.9. The average molecular weight is 503 g/mol. The molecule has 1 aliphatic rings. The van der Waals surface area contributed by atoms with Gasteiger partial charge < -0.3 is 19.2 Å². The number of amides is 1. The van der Waals surface area contributed by atoms with Gasteiger partial charge in [0.25, 0.3) is 5.91 Å². The van der Waals surface area contributed by atoms with Crippen molar-refractivity contribution in [3.8, 4) is 11.5 Å². The van der Waals surface area contributed by atoms with E-state index in [0.717, 1.165) is 61.7 Å². The SMILES string of the molecule is COc1cc2c(cc1OC)CN(CCc1ccc(NC(=O)c3cc(=O)c4cc(F)ccc4o3)cc1)CC2. The van der Waals surface area contributed by atoms with Gasteiger partial charge >= 0.3 is 0 Å². The Hall–Kier alpha value is -4.17. The molecule has 1 amide bonds. The third kappa shape index (κ3) is 5.34. The number of methoxy groups -OCH3 is 2. The molecule has 0 spiro atoms. The van der Waals surface area contributed by atoms with Crippen LogP contribution in [-0.2, 0) is 19.4 Å². The molecule has 190 valence electrons. The topological polar surface area (TPSA) is 81.0 Å². The molecule has 0 aliphatic carbocycles. The second-order valence-electron chi connectivity index (χ2n) is 9.02. The van der Waals surface area contributed by atoms with Crippen molar-refractivity contribution < 1.29 is 23.1 Å². The summed E-state index contributed by atoms with van der Waals surface area (Å²) >= 11 is 0. The quantitative estimate of drug-likeness (QED) is 0.391. The summed E-state index contributed by atoms with van der Waals surface area (Å²) in [6.07, 6.45) is 1.83. The van der Waals surface area contributed by atoms with Crippen LogP contribution in [0.1, 0.15) is 27.2 Å². The van der Waals surface area contributed by atoms with Gasteiger partial charge in [0.05, 0.1) is 19.6 Å². The van der Waals surface area contributed by atoms with Crippen LogP contribution in [0.25, 0.3) is 11.0 Å². The summed E-state index contributed by atoms with van der Waals surface area (Å²) in [7, 11) is 3.30. The van der Waals surface area contributed by atoms with Crippen molar-refractivity contribution in [2.45, 2.75) is 19.4 Å². The molecule has 1 aliphatic heterocycles. The maximum Gasteiger partial charge on any atom is 0.291 e. The van der Waals surface area contributed by atoms with Crippen LogP contribution in [0.15, 0.2) is 69.9 Å². The molecule has 0 atom stereocenters. The van der Waals surface area contributed by atoms with E-state index in [9.17, 15) is 14.0 Å². The van der Waals surface area contributed by atoms with Gasteiger partial charge in [0.1, 0.15) is 11.4 Å². The van der Waals surface area contributed by atoms with Crippen molar-refractivity contribution >= 4 is 22.6 Å². The van der Waals surface area contributed by atoms with E-state index in [1.54, 1.807) is 14.2 Å². The molecule has 8 heteroatoms. The molecule has 0 bridgehead atoms. The van der Waals surface area contributed by atoms with Crippen LogP contribution < -0.4 is 20.2 Å². The number of rotatable bonds is 7. The Morgan fingerprint density at radius 3 is 2.46 bits per heavy atom. The maximum absolute atomic E-state index is 13.4. The van der Waals surface area contributed by atoms with E-state index in [2.05, 4.69) is 22.3 Å². The third-order valence-electron chi connectivity index (χ3n) is 6.64. The number of nitrogens with one attached hydrogen (secondary N) is 1. The van der Waals surface area contributed by atoms with Crippen LogP contribution in [-0.4, -0.2) is 38.1 Å². The van der Waals surface area contributed by atoms with Crippen LogP contribution in [0.3, 0.4) is 0 Å². The first kappa shape index (κ1) is 24.5. The molecule has 0 unspecified atom stereocenters. The second kappa shape index (κ2) is 10.4. The van der Waals surface area contributed by atoms with E-state index in [1.165, 1.54) is 23.3 Å². The fraction of sp³-hybridized carbons (Fsp3) is 0.241. The predicted molar refractivity (Wildman–Crippen MR) is 139 cm³/mol. The summed E-state index contributed by atoms with van der Waals surface area (Å²) in [5.41, 5.74) is 3.97. The van der Waals surface area contributed by atoms with Crippen LogP contribution >= 0.6 is 0 Å². The lowest BCUT2D eigenvalue weighted by Crippen LogP contribution is -2.32. The molecule has 2 heterocycles. The molecule has 7 nitrogen and oxygen atoms in total. The molecule has 4 aromatic rings. The first-order valence-electron chi connectivity index (χ1n) is 12.0. The summed E-state index contributed by atoms with van der Waals surface area (Å²) in [6.45, 7) is 2.73. The van der Waals surface area contributed by atoms with Crippen molar-refractivity contribution in [2.24, 2.45) is 0 Å². The fourth-order valence-corrected chi connectivity index (χ4v) is 4.61. The van der Waals surface area contributed by atoms with Gasteiger partial charge in [-0.15, -0.1) is 0 Å². The Morgan fingerprint density at radius 2 is 1.73 bits per heavy atom. The van der Waals surface area contributed by atoms with Crippen molar-refractivity contribution in [3.63, 3.8) is 0 Å². The van der Waals surface area contributed by atoms with Crippen molar-refractivity contribution in [3.05, 3.63) is 99.2 Å². The van der Waals surface area contributed by atoms with E-state index >= 15 is 0 Å². The van der Waals surface area contributed by atoms with E-state index < -0.39 is 17.2 Å². The number of hydrogen-bond acceptors (Lipinski definition) is 6. The number of benzene rings is 3. The first-order valence-corrected chi connectivity index (χ1v) is 12.0. The monoisotopic (exact) mass is 502 g/mol. The molecule has 3 aromatic carbocycles. The zero-order valence-corrected chi connectivity index (χ0v) is 20.7. The molecule has 5 rings (SSSR count). The van der Waals surface area contributed by atoms with Gasteiger partial charge in [-0.25, -0.2) is 4.39 Å². The minimum absolute atomic E-state index is 0.0944. The van der Waals surface area contributed by atoms with Gasteiger partial charge in [0.2, 0.25) is 0 Å². The van der Waals surface area contributed by atoms with Gasteiger partial charge in [-0.2, -0.15) is 0 Å². The average Bonchev–Trinajstić information content (AvgIpc) is 2.92. The normalized spacial score (nSPS) is 13.3. The molecular weight excluding hydrogens is 475 g/mol. The van der Waals surface area contributed by atoms with Crippen LogP contribution in [0, 0.1) is 5.82 Å². The number of hydrogen-bond donors (Lipinski definition) is 1. The lowest BCUT2D eigenvalue weighted by molar-refractivity contribution is 0.0997. The Morgan fingerprint density at radius 1 is 1.00 bits per heavy atom. The summed E-state index contributed by atoms with van der Waals surface area (Å²) in [5.74, 6) is 0.295. The molecule has 0 saturated carbocycles. The minimum Gasteiger partial charge on any atom is -0.493 e. The standard InChI is InChI=1S/C29H27FN2O5/c1-35-26-13-19-10-12-32(17-20(19)14-27(26)36-2)11-9-18-3-6-22(7-4-18)31-29(34)28-16-24(33)23-15-21(30)5-8-25(23)37-28/h3-8,13-16H,9-12,17H2,1-2H3,(H,31,34). The molecule has 1 N–H and O–H groups in total. The Balaban J connectivity index is 1.19. The summed E-state index contributed by atoms with van der Waals surface area (Å²) in [6, 6.07) is 16.4. The number of carbonyl (C=O) groups excluding carboxylic acids is 1. The number of fused-ring (bicyclic) bond motifs is 2. The highest BCUT2D eigenvalue weighted by molar-refractivity contribution is 6.02. The number of anilines is 1. The third-order valence-corrected chi connectivity index (χ3v) is 6.64. The predicted octanol–water partition coefficient (Wildman–Crippen LogP) is 4.80. The number of halogens is 1. The zero-order valence-electron chi connectivity index (χ0n) is 20.7. The van der Waals surface area contributed by atoms with Crippen LogP contribution in [0.4, 0.5) is 10.1 Å². The lowest BCUT2D eigenvalue weighted by Gasteiger charge is -2.29. The summed E-state index contributed by atoms with van der Waals surface area (Å²) < 4.78 is 29.8. The molecule has 0 radical (unpaired) electrons. The van der Waals surface area contributed by atoms with E-state index in [-0.39, 0.29) is 16.7 Å². The largest absolute Gasteiger partial charge is 0.493 e. The number of ether oxygens (including phenoxy) is 2. The van der Waals surface area contributed by atoms with Crippen molar-refractivity contribution in [1.82, 2.24) is 4.90 Å². The fourth-order valence-electron chi connectivity index (χ4n) is 4.61. The Labute approximate surface area is 213 Å². The number of carbonyl (C=O) groups is 1. The molecule has 37 heavy (non-hydrogen) atoms. The highest BCUT2D eigenvalue weighted by atomic mass is 19.1. The lowest BCUT2D eigenvalue weighted by atomic mass is 9.98. The van der Waals surface area contributed by atoms with Gasteiger partial charge in [0.15, 0.2) is 22.7 Å². The van der Waals surface area contributed by atoms with Gasteiger partial charge in [-0.1, -0.05) is 12.1 Å². The van der Waals surface area contributed by atoms with Crippen LogP contribution in [0.2, 0.25) is 0 Å². The van der Waals surface area contributed by atoms with E-state index in [4.69, 9.17) is 13.9 Å². The molecule has 1 aromatic heterocycles. The van der Waals surface area contributed by atoms with Gasteiger partial charge in [-0.3, -0.25) is 14.5 Å². The molecular formula is C29H27FN2O5. The minimum atomic E-state index is -0.546. The highest BCUT2D eigenvalue weighted by Crippen LogP contribution is 2.33. The van der Waals surface area contributed by atoms with E-state index in [1.807, 2.05) is 24.3 Å². The second-order valence-corrected chi connectivity index (χ2v) is 9.02. The zero-order chi connectivity index (χ0) is 25.9. The highest BCUT2D eigenvalue weighted by Gasteiger charge is 2.19. The Kier molecular flexibility index (Phi) is 6.92. The van der Waals surface area contributed by atoms with Gasteiger partial charge in [-0.05, 0) is 72.0 Å². The van der Waals surface area contributed by atoms with E-state index in [0.29, 0.717) is 5.69 Å². The molecule has 0 saturated heterocycles. The van der Waals surface area contributed by atoms with Crippen molar-refractivity contribution in [1.29, 1.82) is 0 Å². The Bertz CT molecular complexity index is 1510. The maximum atomic E-state index is 13.4. The summed E-state index contributed by atoms with van der Waals surface area (Å²) in [4.78, 5) is 27.3. The van der Waals surface area contributed by atoms with Gasteiger partial charge in [0, 0.05) is 31.4 Å². The number of nitrogens with zero attached hydrogens (tertiary/aromatic N) is 1. The van der Waals surface area contributed by atoms with Crippen LogP contribution in [0.5, 0.6) is 11.5 Å². The molecule has 0 fully saturated rings. The smallest absolute Gasteiger partial charge is 0.291 e. The van der Waals surface area contributed by atoms with Crippen molar-refractivity contribution in [2.75, 3.05) is 32.6 Å².